The zero-order valence-electron chi connectivity index (χ0n) is 12.2. The van der Waals surface area contributed by atoms with E-state index in [2.05, 4.69) is 5.10 Å². The number of hydrogen-bond acceptors (Lipinski definition) is 3. The Morgan fingerprint density at radius 2 is 2.09 bits per heavy atom. The summed E-state index contributed by atoms with van der Waals surface area (Å²) < 4.78 is 40.5. The van der Waals surface area contributed by atoms with E-state index >= 15 is 0 Å². The summed E-state index contributed by atoms with van der Waals surface area (Å²) >= 11 is 5.65. The Morgan fingerprint density at radius 1 is 1.35 bits per heavy atom. The van der Waals surface area contributed by atoms with Crippen LogP contribution in [0.3, 0.4) is 0 Å². The van der Waals surface area contributed by atoms with Gasteiger partial charge >= 0.3 is 6.18 Å². The Morgan fingerprint density at radius 3 is 2.74 bits per heavy atom. The van der Waals surface area contributed by atoms with Crippen molar-refractivity contribution in [2.75, 3.05) is 13.6 Å². The van der Waals surface area contributed by atoms with Crippen molar-refractivity contribution < 1.29 is 13.2 Å². The van der Waals surface area contributed by atoms with Crippen molar-refractivity contribution in [2.24, 2.45) is 0 Å². The minimum atomic E-state index is -4.54. The Bertz CT molecular complexity index is 804. The fourth-order valence-corrected chi connectivity index (χ4v) is 2.94. The van der Waals surface area contributed by atoms with Gasteiger partial charge in [0.05, 0.1) is 22.0 Å². The monoisotopic (exact) mass is 340 g/mol. The Balaban J connectivity index is 2.16. The average Bonchev–Trinajstić information content (AvgIpc) is 2.84. The SMILES string of the molecule is CN1CCc2c(c(C#N)nn2-c2ccc(Cl)c(C(F)(F)F)c2)C1. The second kappa shape index (κ2) is 5.55. The van der Waals surface area contributed by atoms with Crippen LogP contribution in [0.4, 0.5) is 13.2 Å². The van der Waals surface area contributed by atoms with Gasteiger partial charge in [-0.25, -0.2) is 4.68 Å². The van der Waals surface area contributed by atoms with Gasteiger partial charge in [-0.1, -0.05) is 11.6 Å². The van der Waals surface area contributed by atoms with Crippen LogP contribution in [0.5, 0.6) is 0 Å². The molecule has 0 bridgehead atoms. The van der Waals surface area contributed by atoms with Crippen LogP contribution in [0.1, 0.15) is 22.5 Å². The predicted molar refractivity (Wildman–Crippen MR) is 78.3 cm³/mol. The normalized spacial score (nSPS) is 15.3. The number of hydrogen-bond donors (Lipinski definition) is 0. The highest BCUT2D eigenvalue weighted by Crippen LogP contribution is 2.36. The summed E-state index contributed by atoms with van der Waals surface area (Å²) in [6.45, 7) is 1.31. The summed E-state index contributed by atoms with van der Waals surface area (Å²) in [4.78, 5) is 2.04. The zero-order chi connectivity index (χ0) is 16.8. The fraction of sp³-hybridized carbons (Fsp3) is 0.333. The lowest BCUT2D eigenvalue weighted by atomic mass is 10.1. The minimum absolute atomic E-state index is 0.245. The van der Waals surface area contributed by atoms with E-state index in [1.807, 2.05) is 18.0 Å². The van der Waals surface area contributed by atoms with Gasteiger partial charge in [0.25, 0.3) is 0 Å². The molecule has 0 N–H and O–H groups in total. The summed E-state index contributed by atoms with van der Waals surface area (Å²) in [6.07, 6.45) is -3.93. The van der Waals surface area contributed by atoms with Crippen LogP contribution in [0, 0.1) is 11.3 Å². The van der Waals surface area contributed by atoms with Crippen molar-refractivity contribution in [3.05, 3.63) is 45.7 Å². The molecule has 0 fully saturated rings. The summed E-state index contributed by atoms with van der Waals surface area (Å²) in [7, 11) is 1.92. The Kier molecular flexibility index (Phi) is 3.82. The van der Waals surface area contributed by atoms with Gasteiger partial charge in [0.2, 0.25) is 0 Å². The maximum absolute atomic E-state index is 13.0. The van der Waals surface area contributed by atoms with Gasteiger partial charge in [-0.15, -0.1) is 0 Å². The number of aromatic nitrogens is 2. The molecule has 1 aromatic heterocycles. The topological polar surface area (TPSA) is 44.9 Å². The molecular formula is C15H12ClF3N4. The van der Waals surface area contributed by atoms with E-state index in [9.17, 15) is 18.4 Å². The Hall–Kier alpha value is -2.04. The standard InChI is InChI=1S/C15H12ClF3N4/c1-22-5-4-14-10(8-22)13(7-20)21-23(14)9-2-3-12(16)11(6-9)15(17,18)19/h2-3,6H,4-5,8H2,1H3. The summed E-state index contributed by atoms with van der Waals surface area (Å²) in [6, 6.07) is 5.66. The van der Waals surface area contributed by atoms with E-state index in [0.717, 1.165) is 23.9 Å². The summed E-state index contributed by atoms with van der Waals surface area (Å²) in [5, 5.41) is 13.1. The number of nitriles is 1. The quantitative estimate of drug-likeness (QED) is 0.799. The van der Waals surface area contributed by atoms with Crippen LogP contribution >= 0.6 is 11.6 Å². The molecule has 0 spiro atoms. The molecule has 0 aliphatic carbocycles. The molecule has 1 aliphatic rings. The number of rotatable bonds is 1. The molecule has 1 aliphatic heterocycles. The van der Waals surface area contributed by atoms with Crippen LogP contribution in [-0.4, -0.2) is 28.3 Å². The molecule has 0 saturated heterocycles. The number of fused-ring (bicyclic) bond motifs is 1. The molecule has 120 valence electrons. The van der Waals surface area contributed by atoms with Crippen molar-refractivity contribution in [3.8, 4) is 11.8 Å². The van der Waals surface area contributed by atoms with Crippen molar-refractivity contribution in [1.29, 1.82) is 5.26 Å². The maximum atomic E-state index is 13.0. The van der Waals surface area contributed by atoms with Gasteiger partial charge in [0.1, 0.15) is 6.07 Å². The lowest BCUT2D eigenvalue weighted by molar-refractivity contribution is -0.137. The fourth-order valence-electron chi connectivity index (χ4n) is 2.72. The largest absolute Gasteiger partial charge is 0.417 e. The highest BCUT2D eigenvalue weighted by atomic mass is 35.5. The van der Waals surface area contributed by atoms with Crippen LogP contribution in [0.15, 0.2) is 18.2 Å². The number of alkyl halides is 3. The van der Waals surface area contributed by atoms with Crippen molar-refractivity contribution >= 4 is 11.6 Å². The van der Waals surface area contributed by atoms with Gasteiger partial charge in [0.15, 0.2) is 5.69 Å². The van der Waals surface area contributed by atoms with E-state index in [4.69, 9.17) is 11.6 Å². The predicted octanol–water partition coefficient (Wildman–Crippen LogP) is 3.40. The van der Waals surface area contributed by atoms with Gasteiger partial charge in [-0.05, 0) is 25.2 Å². The molecule has 0 unspecified atom stereocenters. The lowest BCUT2D eigenvalue weighted by Gasteiger charge is -2.23. The van der Waals surface area contributed by atoms with Crippen LogP contribution < -0.4 is 0 Å². The first kappa shape index (κ1) is 15.8. The van der Waals surface area contributed by atoms with Gasteiger partial charge in [-0.3, -0.25) is 0 Å². The number of benzene rings is 1. The van der Waals surface area contributed by atoms with Crippen LogP contribution in [0.25, 0.3) is 5.69 Å². The van der Waals surface area contributed by atoms with E-state index in [0.29, 0.717) is 13.0 Å². The zero-order valence-corrected chi connectivity index (χ0v) is 12.9. The van der Waals surface area contributed by atoms with Gasteiger partial charge in [-0.2, -0.15) is 23.5 Å². The van der Waals surface area contributed by atoms with Crippen LogP contribution in [-0.2, 0) is 19.1 Å². The molecule has 23 heavy (non-hydrogen) atoms. The highest BCUT2D eigenvalue weighted by Gasteiger charge is 2.34. The van der Waals surface area contributed by atoms with E-state index < -0.39 is 11.7 Å². The first-order valence-corrected chi connectivity index (χ1v) is 7.25. The molecule has 0 amide bonds. The highest BCUT2D eigenvalue weighted by molar-refractivity contribution is 6.31. The number of halogens is 4. The van der Waals surface area contributed by atoms with Gasteiger partial charge in [0, 0.05) is 25.1 Å². The molecular weight excluding hydrogens is 329 g/mol. The van der Waals surface area contributed by atoms with Crippen molar-refractivity contribution in [2.45, 2.75) is 19.1 Å². The molecule has 0 saturated carbocycles. The molecule has 8 heteroatoms. The number of nitrogens with zero attached hydrogens (tertiary/aromatic N) is 4. The molecule has 2 heterocycles. The van der Waals surface area contributed by atoms with E-state index in [-0.39, 0.29) is 16.4 Å². The first-order chi connectivity index (χ1) is 10.8. The van der Waals surface area contributed by atoms with Crippen molar-refractivity contribution in [1.82, 2.24) is 14.7 Å². The minimum Gasteiger partial charge on any atom is -0.302 e. The van der Waals surface area contributed by atoms with Crippen molar-refractivity contribution in [3.63, 3.8) is 0 Å². The molecule has 2 aromatic rings. The number of likely N-dealkylation sites (N-methyl/N-ethyl adjacent to an activating group) is 1. The average molecular weight is 341 g/mol. The molecule has 4 nitrogen and oxygen atoms in total. The Labute approximate surface area is 135 Å². The van der Waals surface area contributed by atoms with Gasteiger partial charge < -0.3 is 4.90 Å². The smallest absolute Gasteiger partial charge is 0.302 e. The molecule has 1 aromatic carbocycles. The summed E-state index contributed by atoms with van der Waals surface area (Å²) in [5.41, 5.74) is 1.13. The molecule has 0 atom stereocenters. The summed E-state index contributed by atoms with van der Waals surface area (Å²) in [5.74, 6) is 0. The van der Waals surface area contributed by atoms with E-state index in [1.54, 1.807) is 0 Å². The second-order valence-electron chi connectivity index (χ2n) is 5.45. The lowest BCUT2D eigenvalue weighted by Crippen LogP contribution is -2.27. The van der Waals surface area contributed by atoms with E-state index in [1.165, 1.54) is 16.8 Å². The third-order valence-electron chi connectivity index (χ3n) is 3.85. The van der Waals surface area contributed by atoms with Crippen LogP contribution in [0.2, 0.25) is 5.02 Å². The third-order valence-corrected chi connectivity index (χ3v) is 4.18. The first-order valence-electron chi connectivity index (χ1n) is 6.88. The maximum Gasteiger partial charge on any atom is 0.417 e. The third kappa shape index (κ3) is 2.80. The molecule has 0 radical (unpaired) electrons. The molecule has 3 rings (SSSR count). The second-order valence-corrected chi connectivity index (χ2v) is 5.85.